The van der Waals surface area contributed by atoms with Crippen LogP contribution in [0.15, 0.2) is 42.5 Å². The lowest BCUT2D eigenvalue weighted by Crippen LogP contribution is -2.51. The van der Waals surface area contributed by atoms with Gasteiger partial charge in [0, 0.05) is 51.8 Å². The number of aliphatic hydroxyl groups is 1. The summed E-state index contributed by atoms with van der Waals surface area (Å²) in [5, 5.41) is 11.7. The molecule has 1 fully saturated rings. The molecule has 1 amide bonds. The second-order valence-electron chi connectivity index (χ2n) is 7.63. The fourth-order valence-electron chi connectivity index (χ4n) is 3.84. The first-order valence-corrected chi connectivity index (χ1v) is 9.82. The van der Waals surface area contributed by atoms with Gasteiger partial charge >= 0.3 is 0 Å². The lowest BCUT2D eigenvalue weighted by atomic mass is 10.0. The van der Waals surface area contributed by atoms with E-state index in [1.54, 1.807) is 0 Å². The minimum Gasteiger partial charge on any atom is -0.396 e. The Morgan fingerprint density at radius 2 is 1.93 bits per heavy atom. The summed E-state index contributed by atoms with van der Waals surface area (Å²) in [6.07, 6.45) is 1.13. The van der Waals surface area contributed by atoms with Crippen molar-refractivity contribution < 1.29 is 9.90 Å². The van der Waals surface area contributed by atoms with E-state index < -0.39 is 0 Å². The Labute approximate surface area is 162 Å². The first-order chi connectivity index (χ1) is 13.1. The van der Waals surface area contributed by atoms with Crippen molar-refractivity contribution in [2.45, 2.75) is 25.4 Å². The maximum absolute atomic E-state index is 13.1. The Balaban J connectivity index is 1.75. The molecule has 1 aliphatic rings. The third-order valence-corrected chi connectivity index (χ3v) is 5.57. The van der Waals surface area contributed by atoms with E-state index in [0.717, 1.165) is 25.2 Å². The Kier molecular flexibility index (Phi) is 6.83. The van der Waals surface area contributed by atoms with E-state index in [-0.39, 0.29) is 18.6 Å². The van der Waals surface area contributed by atoms with Crippen LogP contribution in [0.2, 0.25) is 0 Å². The van der Waals surface area contributed by atoms with Gasteiger partial charge in [0.15, 0.2) is 0 Å². The third-order valence-electron chi connectivity index (χ3n) is 5.57. The molecule has 1 N–H and O–H groups in total. The van der Waals surface area contributed by atoms with Crippen LogP contribution in [0.3, 0.4) is 0 Å². The molecule has 0 aliphatic carbocycles. The molecule has 0 saturated carbocycles. The van der Waals surface area contributed by atoms with Crippen molar-refractivity contribution in [3.05, 3.63) is 48.0 Å². The van der Waals surface area contributed by atoms with E-state index in [9.17, 15) is 9.90 Å². The minimum atomic E-state index is 0.103. The second kappa shape index (κ2) is 9.31. The number of carbonyl (C=O) groups is 1. The van der Waals surface area contributed by atoms with Gasteiger partial charge < -0.3 is 19.8 Å². The van der Waals surface area contributed by atoms with Crippen molar-refractivity contribution in [3.8, 4) is 0 Å². The molecule has 2 aromatic rings. The lowest BCUT2D eigenvalue weighted by Gasteiger charge is -2.38. The standard InChI is InChI=1S/C22H31N3O2/c1-23-12-13-24(2)20(17-23)15-22(27)25(11-6-14-26)16-19-9-5-8-18-7-3-4-10-21(18)19/h3-5,7-10,20,26H,6,11-17H2,1-2H3/t20-/m1/s1. The maximum atomic E-state index is 13.1. The summed E-state index contributed by atoms with van der Waals surface area (Å²) in [7, 11) is 4.22. The topological polar surface area (TPSA) is 47.0 Å². The second-order valence-corrected chi connectivity index (χ2v) is 7.63. The van der Waals surface area contributed by atoms with Gasteiger partial charge in [0.2, 0.25) is 5.91 Å². The Morgan fingerprint density at radius 3 is 2.74 bits per heavy atom. The predicted molar refractivity (Wildman–Crippen MR) is 110 cm³/mol. The Bertz CT molecular complexity index is 759. The molecule has 0 unspecified atom stereocenters. The molecule has 0 spiro atoms. The summed E-state index contributed by atoms with van der Waals surface area (Å²) in [6.45, 7) is 4.24. The van der Waals surface area contributed by atoms with Gasteiger partial charge in [0.1, 0.15) is 0 Å². The summed E-state index contributed by atoms with van der Waals surface area (Å²) >= 11 is 0. The molecular weight excluding hydrogens is 338 g/mol. The number of hydrogen-bond acceptors (Lipinski definition) is 4. The van der Waals surface area contributed by atoms with E-state index >= 15 is 0 Å². The molecule has 27 heavy (non-hydrogen) atoms. The molecule has 5 heteroatoms. The highest BCUT2D eigenvalue weighted by molar-refractivity contribution is 5.86. The summed E-state index contributed by atoms with van der Waals surface area (Å²) < 4.78 is 0. The fourth-order valence-corrected chi connectivity index (χ4v) is 3.84. The largest absolute Gasteiger partial charge is 0.396 e. The molecule has 146 valence electrons. The first-order valence-electron chi connectivity index (χ1n) is 9.82. The van der Waals surface area contributed by atoms with E-state index in [0.29, 0.717) is 25.9 Å². The fraction of sp³-hybridized carbons (Fsp3) is 0.500. The van der Waals surface area contributed by atoms with Crippen molar-refractivity contribution in [2.75, 3.05) is 46.9 Å². The quantitative estimate of drug-likeness (QED) is 0.813. The number of carbonyl (C=O) groups excluding carboxylic acids is 1. The number of piperazine rings is 1. The Morgan fingerprint density at radius 1 is 1.15 bits per heavy atom. The van der Waals surface area contributed by atoms with Crippen LogP contribution in [0.1, 0.15) is 18.4 Å². The number of hydrogen-bond donors (Lipinski definition) is 1. The lowest BCUT2D eigenvalue weighted by molar-refractivity contribution is -0.133. The van der Waals surface area contributed by atoms with Gasteiger partial charge in [-0.2, -0.15) is 0 Å². The van der Waals surface area contributed by atoms with Crippen LogP contribution in [-0.2, 0) is 11.3 Å². The number of benzene rings is 2. The average Bonchev–Trinajstić information content (AvgIpc) is 2.68. The number of likely N-dealkylation sites (N-methyl/N-ethyl adjacent to an activating group) is 2. The SMILES string of the molecule is CN1CCN(C)[C@H](CC(=O)N(CCCO)Cc2cccc3ccccc23)C1. The van der Waals surface area contributed by atoms with Crippen molar-refractivity contribution in [2.24, 2.45) is 0 Å². The van der Waals surface area contributed by atoms with Crippen LogP contribution in [0, 0.1) is 0 Å². The minimum absolute atomic E-state index is 0.103. The van der Waals surface area contributed by atoms with Crippen molar-refractivity contribution in [1.82, 2.24) is 14.7 Å². The number of amides is 1. The van der Waals surface area contributed by atoms with Gasteiger partial charge in [-0.25, -0.2) is 0 Å². The number of aliphatic hydroxyl groups excluding tert-OH is 1. The molecule has 3 rings (SSSR count). The van der Waals surface area contributed by atoms with Crippen LogP contribution in [0.5, 0.6) is 0 Å². The number of fused-ring (bicyclic) bond motifs is 1. The van der Waals surface area contributed by atoms with Crippen molar-refractivity contribution in [3.63, 3.8) is 0 Å². The number of nitrogens with zero attached hydrogens (tertiary/aromatic N) is 3. The van der Waals surface area contributed by atoms with Gasteiger partial charge in [-0.1, -0.05) is 42.5 Å². The van der Waals surface area contributed by atoms with E-state index in [1.165, 1.54) is 10.8 Å². The maximum Gasteiger partial charge on any atom is 0.224 e. The monoisotopic (exact) mass is 369 g/mol. The van der Waals surface area contributed by atoms with Crippen molar-refractivity contribution >= 4 is 16.7 Å². The van der Waals surface area contributed by atoms with Crippen LogP contribution in [0.25, 0.3) is 10.8 Å². The van der Waals surface area contributed by atoms with Crippen LogP contribution >= 0.6 is 0 Å². The van der Waals surface area contributed by atoms with E-state index in [2.05, 4.69) is 54.2 Å². The predicted octanol–water partition coefficient (Wildman–Crippen LogP) is 2.19. The molecule has 0 aromatic heterocycles. The van der Waals surface area contributed by atoms with Gasteiger partial charge in [0.25, 0.3) is 0 Å². The average molecular weight is 370 g/mol. The van der Waals surface area contributed by atoms with Crippen LogP contribution in [0.4, 0.5) is 0 Å². The van der Waals surface area contributed by atoms with Gasteiger partial charge in [0.05, 0.1) is 0 Å². The molecule has 1 heterocycles. The molecule has 1 aliphatic heterocycles. The summed E-state index contributed by atoms with van der Waals surface area (Å²) in [5.41, 5.74) is 1.16. The molecule has 1 saturated heterocycles. The zero-order valence-electron chi connectivity index (χ0n) is 16.5. The first kappa shape index (κ1) is 19.8. The molecule has 5 nitrogen and oxygen atoms in total. The highest BCUT2D eigenvalue weighted by Gasteiger charge is 2.26. The van der Waals surface area contributed by atoms with Crippen LogP contribution < -0.4 is 0 Å². The van der Waals surface area contributed by atoms with E-state index in [4.69, 9.17) is 0 Å². The van der Waals surface area contributed by atoms with E-state index in [1.807, 2.05) is 17.0 Å². The van der Waals surface area contributed by atoms with Gasteiger partial charge in [-0.15, -0.1) is 0 Å². The normalized spacial score (nSPS) is 18.7. The van der Waals surface area contributed by atoms with Crippen LogP contribution in [-0.4, -0.2) is 78.6 Å². The summed E-state index contributed by atoms with van der Waals surface area (Å²) in [6, 6.07) is 14.8. The molecular formula is C22H31N3O2. The Hall–Kier alpha value is -1.95. The van der Waals surface area contributed by atoms with Gasteiger partial charge in [-0.3, -0.25) is 4.79 Å². The van der Waals surface area contributed by atoms with Gasteiger partial charge in [-0.05, 0) is 36.9 Å². The summed E-state index contributed by atoms with van der Waals surface area (Å²) in [5.74, 6) is 0.170. The molecule has 1 atom stereocenters. The molecule has 0 radical (unpaired) electrons. The zero-order valence-corrected chi connectivity index (χ0v) is 16.5. The highest BCUT2D eigenvalue weighted by Crippen LogP contribution is 2.21. The zero-order chi connectivity index (χ0) is 19.2. The molecule has 0 bridgehead atoms. The highest BCUT2D eigenvalue weighted by atomic mass is 16.3. The smallest absolute Gasteiger partial charge is 0.224 e. The number of rotatable bonds is 7. The summed E-state index contributed by atoms with van der Waals surface area (Å²) in [4.78, 5) is 19.6. The molecule has 2 aromatic carbocycles. The van der Waals surface area contributed by atoms with Crippen molar-refractivity contribution in [1.29, 1.82) is 0 Å². The third kappa shape index (κ3) is 5.06.